The summed E-state index contributed by atoms with van der Waals surface area (Å²) in [6.07, 6.45) is 3.61. The summed E-state index contributed by atoms with van der Waals surface area (Å²) in [5.41, 5.74) is 1.15. The van der Waals surface area contributed by atoms with Gasteiger partial charge in [-0.05, 0) is 57.1 Å². The van der Waals surface area contributed by atoms with Gasteiger partial charge in [0.1, 0.15) is 0 Å². The average molecular weight is 325 g/mol. The first-order valence-electron chi connectivity index (χ1n) is 7.83. The summed E-state index contributed by atoms with van der Waals surface area (Å²) in [5, 5.41) is 3.43. The van der Waals surface area contributed by atoms with Gasteiger partial charge < -0.3 is 5.32 Å². The lowest BCUT2D eigenvalue weighted by atomic mass is 10.1. The zero-order valence-corrected chi connectivity index (χ0v) is 14.6. The van der Waals surface area contributed by atoms with E-state index in [1.165, 1.54) is 23.6 Å². The molecule has 1 fully saturated rings. The molecule has 0 aliphatic carbocycles. The van der Waals surface area contributed by atoms with Crippen molar-refractivity contribution in [3.05, 3.63) is 29.8 Å². The summed E-state index contributed by atoms with van der Waals surface area (Å²) in [4.78, 5) is 2.73. The minimum Gasteiger partial charge on any atom is -0.317 e. The minimum atomic E-state index is -3.34. The fourth-order valence-corrected chi connectivity index (χ4v) is 3.74. The van der Waals surface area contributed by atoms with Gasteiger partial charge in [0.25, 0.3) is 0 Å². The third kappa shape index (κ3) is 4.29. The predicted octanol–water partition coefficient (Wildman–Crippen LogP) is 1.51. The van der Waals surface area contributed by atoms with Crippen LogP contribution in [0.2, 0.25) is 0 Å². The summed E-state index contributed by atoms with van der Waals surface area (Å²) < 4.78 is 25.4. The number of benzene rings is 1. The lowest BCUT2D eigenvalue weighted by molar-refractivity contribution is 0.216. The van der Waals surface area contributed by atoms with E-state index in [-0.39, 0.29) is 0 Å². The average Bonchev–Trinajstić information content (AvgIpc) is 2.76. The number of hydrogen-bond donors (Lipinski definition) is 1. The number of nitrogens with zero attached hydrogens (tertiary/aromatic N) is 2. The van der Waals surface area contributed by atoms with E-state index in [2.05, 4.69) is 17.3 Å². The molecule has 124 valence electrons. The Bertz CT molecular complexity index is 562. The molecule has 1 unspecified atom stereocenters. The first kappa shape index (κ1) is 17.4. The van der Waals surface area contributed by atoms with E-state index in [1.807, 2.05) is 12.1 Å². The summed E-state index contributed by atoms with van der Waals surface area (Å²) >= 11 is 0. The number of nitrogens with one attached hydrogen (secondary N) is 1. The maximum atomic E-state index is 12.1. The molecule has 0 aromatic heterocycles. The topological polar surface area (TPSA) is 52.7 Å². The Morgan fingerprint density at radius 2 is 1.77 bits per heavy atom. The van der Waals surface area contributed by atoms with Gasteiger partial charge in [0.2, 0.25) is 10.0 Å². The fraction of sp³-hybridized carbons (Fsp3) is 0.625. The molecule has 0 radical (unpaired) electrons. The summed E-state index contributed by atoms with van der Waals surface area (Å²) in [5.74, 6) is 0. The minimum absolute atomic E-state index is 0.350. The Kier molecular flexibility index (Phi) is 5.97. The Labute approximate surface area is 134 Å². The third-order valence-electron chi connectivity index (χ3n) is 4.30. The SMILES string of the molecule is CN(Cc1ccc(S(=O)(=O)N(C)C)cc1)C1CCCNCC1. The highest BCUT2D eigenvalue weighted by Crippen LogP contribution is 2.17. The van der Waals surface area contributed by atoms with E-state index in [0.29, 0.717) is 10.9 Å². The molecule has 0 spiro atoms. The van der Waals surface area contributed by atoms with Gasteiger partial charge in [-0.15, -0.1) is 0 Å². The smallest absolute Gasteiger partial charge is 0.242 e. The molecule has 1 saturated heterocycles. The molecule has 0 amide bonds. The van der Waals surface area contributed by atoms with Crippen LogP contribution in [0.5, 0.6) is 0 Å². The number of hydrogen-bond acceptors (Lipinski definition) is 4. The van der Waals surface area contributed by atoms with Crippen molar-refractivity contribution in [3.63, 3.8) is 0 Å². The highest BCUT2D eigenvalue weighted by molar-refractivity contribution is 7.89. The molecule has 1 N–H and O–H groups in total. The Morgan fingerprint density at radius 3 is 2.41 bits per heavy atom. The molecule has 1 aromatic carbocycles. The van der Waals surface area contributed by atoms with Gasteiger partial charge >= 0.3 is 0 Å². The van der Waals surface area contributed by atoms with Crippen LogP contribution in [0.25, 0.3) is 0 Å². The standard InChI is InChI=1S/C16H27N3O2S/c1-18(2)22(20,21)16-8-6-14(7-9-16)13-19(3)15-5-4-11-17-12-10-15/h6-9,15,17H,4-5,10-13H2,1-3H3. The lowest BCUT2D eigenvalue weighted by Crippen LogP contribution is -2.32. The second kappa shape index (κ2) is 7.55. The van der Waals surface area contributed by atoms with Crippen LogP contribution >= 0.6 is 0 Å². The number of rotatable bonds is 5. The zero-order valence-electron chi connectivity index (χ0n) is 13.7. The van der Waals surface area contributed by atoms with E-state index in [1.54, 1.807) is 26.2 Å². The number of sulfonamides is 1. The third-order valence-corrected chi connectivity index (χ3v) is 6.13. The molecule has 1 aliphatic heterocycles. The van der Waals surface area contributed by atoms with E-state index in [0.717, 1.165) is 25.2 Å². The van der Waals surface area contributed by atoms with Crippen molar-refractivity contribution in [1.29, 1.82) is 0 Å². The molecule has 1 atom stereocenters. The first-order chi connectivity index (χ1) is 10.4. The van der Waals surface area contributed by atoms with Gasteiger partial charge in [0.15, 0.2) is 0 Å². The highest BCUT2D eigenvalue weighted by Gasteiger charge is 2.18. The van der Waals surface area contributed by atoms with Crippen LogP contribution in [0.4, 0.5) is 0 Å². The van der Waals surface area contributed by atoms with Crippen LogP contribution in [-0.2, 0) is 16.6 Å². The van der Waals surface area contributed by atoms with E-state index >= 15 is 0 Å². The van der Waals surface area contributed by atoms with Crippen LogP contribution in [0.15, 0.2) is 29.2 Å². The van der Waals surface area contributed by atoms with Gasteiger partial charge in [0.05, 0.1) is 4.90 Å². The molecule has 0 saturated carbocycles. The largest absolute Gasteiger partial charge is 0.317 e. The summed E-state index contributed by atoms with van der Waals surface area (Å²) in [6.45, 7) is 3.05. The van der Waals surface area contributed by atoms with Crippen molar-refractivity contribution in [2.75, 3.05) is 34.2 Å². The predicted molar refractivity (Wildman–Crippen MR) is 89.3 cm³/mol. The summed E-state index contributed by atoms with van der Waals surface area (Å²) in [6, 6.07) is 7.84. The molecule has 1 heterocycles. The van der Waals surface area contributed by atoms with Crippen LogP contribution < -0.4 is 5.32 Å². The molecule has 1 aromatic rings. The maximum absolute atomic E-state index is 12.1. The molecular formula is C16H27N3O2S. The zero-order chi connectivity index (χ0) is 16.2. The quantitative estimate of drug-likeness (QED) is 0.892. The molecule has 6 heteroatoms. The van der Waals surface area contributed by atoms with Gasteiger partial charge in [-0.1, -0.05) is 12.1 Å². The molecular weight excluding hydrogens is 298 g/mol. The lowest BCUT2D eigenvalue weighted by Gasteiger charge is -2.27. The van der Waals surface area contributed by atoms with Crippen LogP contribution in [-0.4, -0.2) is 57.9 Å². The monoisotopic (exact) mass is 325 g/mol. The molecule has 22 heavy (non-hydrogen) atoms. The van der Waals surface area contributed by atoms with Crippen molar-refractivity contribution >= 4 is 10.0 Å². The van der Waals surface area contributed by atoms with Crippen LogP contribution in [0.3, 0.4) is 0 Å². The van der Waals surface area contributed by atoms with Crippen molar-refractivity contribution < 1.29 is 8.42 Å². The fourth-order valence-electron chi connectivity index (χ4n) is 2.84. The summed E-state index contributed by atoms with van der Waals surface area (Å²) in [7, 11) is 1.92. The maximum Gasteiger partial charge on any atom is 0.242 e. The van der Waals surface area contributed by atoms with E-state index in [9.17, 15) is 8.42 Å². The van der Waals surface area contributed by atoms with Gasteiger partial charge in [-0.2, -0.15) is 0 Å². The Balaban J connectivity index is 2.01. The first-order valence-corrected chi connectivity index (χ1v) is 9.27. The Morgan fingerprint density at radius 1 is 1.09 bits per heavy atom. The molecule has 0 bridgehead atoms. The normalized spacial score (nSPS) is 20.3. The Hall–Kier alpha value is -0.950. The van der Waals surface area contributed by atoms with Crippen molar-refractivity contribution in [2.24, 2.45) is 0 Å². The van der Waals surface area contributed by atoms with Crippen molar-refractivity contribution in [3.8, 4) is 0 Å². The van der Waals surface area contributed by atoms with Gasteiger partial charge in [-0.3, -0.25) is 4.90 Å². The second-order valence-corrected chi connectivity index (χ2v) is 8.33. The molecule has 5 nitrogen and oxygen atoms in total. The molecule has 1 aliphatic rings. The van der Waals surface area contributed by atoms with Crippen LogP contribution in [0.1, 0.15) is 24.8 Å². The van der Waals surface area contributed by atoms with Crippen molar-refractivity contribution in [2.45, 2.75) is 36.7 Å². The highest BCUT2D eigenvalue weighted by atomic mass is 32.2. The molecule has 2 rings (SSSR count). The van der Waals surface area contributed by atoms with Crippen LogP contribution in [0, 0.1) is 0 Å². The van der Waals surface area contributed by atoms with Gasteiger partial charge in [0, 0.05) is 26.7 Å². The van der Waals surface area contributed by atoms with Crippen molar-refractivity contribution in [1.82, 2.24) is 14.5 Å². The van der Waals surface area contributed by atoms with E-state index in [4.69, 9.17) is 0 Å². The van der Waals surface area contributed by atoms with E-state index < -0.39 is 10.0 Å². The van der Waals surface area contributed by atoms with Gasteiger partial charge in [-0.25, -0.2) is 12.7 Å². The second-order valence-electron chi connectivity index (χ2n) is 6.18.